The number of esters is 1. The molecular formula is C19H14Cl2N2O4. The summed E-state index contributed by atoms with van der Waals surface area (Å²) in [6.45, 7) is -0.138. The number of methoxy groups -OCH3 is 1. The van der Waals surface area contributed by atoms with Crippen molar-refractivity contribution in [2.75, 3.05) is 7.11 Å². The van der Waals surface area contributed by atoms with Crippen LogP contribution in [0.1, 0.15) is 11.5 Å². The number of hydrogen-bond acceptors (Lipinski definition) is 6. The molecule has 0 atom stereocenters. The molecule has 2 aromatic carbocycles. The molecule has 3 aromatic rings. The largest absolute Gasteiger partial charge is 0.497 e. The van der Waals surface area contributed by atoms with Gasteiger partial charge in [-0.2, -0.15) is 0 Å². The van der Waals surface area contributed by atoms with E-state index in [1.807, 2.05) is 0 Å². The van der Waals surface area contributed by atoms with E-state index >= 15 is 0 Å². The molecular weight excluding hydrogens is 391 g/mol. The maximum atomic E-state index is 11.8. The van der Waals surface area contributed by atoms with E-state index in [9.17, 15) is 4.79 Å². The highest BCUT2D eigenvalue weighted by atomic mass is 35.5. The summed E-state index contributed by atoms with van der Waals surface area (Å²) in [5.74, 6) is 0.671. The fourth-order valence-corrected chi connectivity index (χ4v) is 2.61. The Kier molecular flexibility index (Phi) is 6.11. The lowest BCUT2D eigenvalue weighted by molar-refractivity contribution is -0.139. The highest BCUT2D eigenvalue weighted by Gasteiger charge is 2.10. The standard InChI is InChI=1S/C19H14Cl2N2O4/c1-25-15-7-3-13(4-8-15)19-23-22-17(27-19)11-26-18(24)9-5-12-2-6-14(20)10-16(12)21/h2-10H,11H2,1H3/b9-5+. The first-order valence-corrected chi connectivity index (χ1v) is 8.57. The molecule has 138 valence electrons. The van der Waals surface area contributed by atoms with Crippen molar-refractivity contribution in [3.63, 3.8) is 0 Å². The average molecular weight is 405 g/mol. The fraction of sp³-hybridized carbons (Fsp3) is 0.105. The van der Waals surface area contributed by atoms with Gasteiger partial charge < -0.3 is 13.9 Å². The minimum Gasteiger partial charge on any atom is -0.497 e. The van der Waals surface area contributed by atoms with Crippen LogP contribution in [0.3, 0.4) is 0 Å². The number of carbonyl (C=O) groups is 1. The lowest BCUT2D eigenvalue weighted by Gasteiger charge is -2.00. The Morgan fingerprint density at radius 1 is 1.15 bits per heavy atom. The van der Waals surface area contributed by atoms with Gasteiger partial charge in [0.05, 0.1) is 7.11 Å². The second-order valence-electron chi connectivity index (χ2n) is 5.34. The average Bonchev–Trinajstić information content (AvgIpc) is 3.15. The Morgan fingerprint density at radius 2 is 1.93 bits per heavy atom. The molecule has 1 heterocycles. The second kappa shape index (κ2) is 8.70. The van der Waals surface area contributed by atoms with Gasteiger partial charge in [0.2, 0.25) is 5.89 Å². The molecule has 0 radical (unpaired) electrons. The Hall–Kier alpha value is -2.83. The van der Waals surface area contributed by atoms with Crippen LogP contribution in [0.2, 0.25) is 10.0 Å². The zero-order valence-electron chi connectivity index (χ0n) is 14.2. The van der Waals surface area contributed by atoms with Gasteiger partial charge >= 0.3 is 5.97 Å². The second-order valence-corrected chi connectivity index (χ2v) is 6.18. The van der Waals surface area contributed by atoms with Gasteiger partial charge in [-0.1, -0.05) is 29.3 Å². The molecule has 1 aromatic heterocycles. The first-order valence-electron chi connectivity index (χ1n) is 7.82. The normalized spacial score (nSPS) is 10.9. The Balaban J connectivity index is 1.57. The third-order valence-corrected chi connectivity index (χ3v) is 4.07. The molecule has 0 aliphatic carbocycles. The SMILES string of the molecule is COc1ccc(-c2nnc(COC(=O)/C=C/c3ccc(Cl)cc3Cl)o2)cc1. The lowest BCUT2D eigenvalue weighted by Crippen LogP contribution is -2.01. The van der Waals surface area contributed by atoms with Crippen molar-refractivity contribution >= 4 is 35.2 Å². The molecule has 0 saturated heterocycles. The van der Waals surface area contributed by atoms with E-state index < -0.39 is 5.97 Å². The van der Waals surface area contributed by atoms with Crippen molar-refractivity contribution < 1.29 is 18.7 Å². The van der Waals surface area contributed by atoms with Gasteiger partial charge in [-0.05, 0) is 48.0 Å². The van der Waals surface area contributed by atoms with Gasteiger partial charge in [0.25, 0.3) is 5.89 Å². The summed E-state index contributed by atoms with van der Waals surface area (Å²) >= 11 is 11.9. The third kappa shape index (κ3) is 5.09. The predicted molar refractivity (Wildman–Crippen MR) is 102 cm³/mol. The van der Waals surface area contributed by atoms with Crippen LogP contribution in [-0.2, 0) is 16.1 Å². The lowest BCUT2D eigenvalue weighted by atomic mass is 10.2. The maximum absolute atomic E-state index is 11.8. The molecule has 0 spiro atoms. The van der Waals surface area contributed by atoms with Gasteiger partial charge in [0.1, 0.15) is 5.75 Å². The van der Waals surface area contributed by atoms with E-state index in [1.165, 1.54) is 12.2 Å². The first kappa shape index (κ1) is 18.9. The molecule has 0 amide bonds. The topological polar surface area (TPSA) is 74.5 Å². The quantitative estimate of drug-likeness (QED) is 0.433. The number of aromatic nitrogens is 2. The molecule has 0 aliphatic heterocycles. The van der Waals surface area contributed by atoms with Crippen molar-refractivity contribution in [1.29, 1.82) is 0 Å². The smallest absolute Gasteiger partial charge is 0.331 e. The zero-order chi connectivity index (χ0) is 19.2. The van der Waals surface area contributed by atoms with Gasteiger partial charge in [-0.3, -0.25) is 0 Å². The van der Waals surface area contributed by atoms with E-state index in [0.717, 1.165) is 11.3 Å². The number of rotatable bonds is 6. The van der Waals surface area contributed by atoms with Crippen LogP contribution < -0.4 is 4.74 Å². The molecule has 27 heavy (non-hydrogen) atoms. The van der Waals surface area contributed by atoms with E-state index in [0.29, 0.717) is 21.5 Å². The number of halogens is 2. The van der Waals surface area contributed by atoms with Crippen LogP contribution in [0.5, 0.6) is 5.75 Å². The monoisotopic (exact) mass is 404 g/mol. The minimum absolute atomic E-state index is 0.138. The van der Waals surface area contributed by atoms with Crippen LogP contribution in [0.25, 0.3) is 17.5 Å². The molecule has 0 saturated carbocycles. The summed E-state index contributed by atoms with van der Waals surface area (Å²) in [4.78, 5) is 11.8. The molecule has 0 bridgehead atoms. The molecule has 0 fully saturated rings. The van der Waals surface area contributed by atoms with E-state index in [1.54, 1.807) is 49.6 Å². The van der Waals surface area contributed by atoms with Crippen LogP contribution in [0.4, 0.5) is 0 Å². The van der Waals surface area contributed by atoms with Gasteiger partial charge in [-0.15, -0.1) is 10.2 Å². The molecule has 0 unspecified atom stereocenters. The highest BCUT2D eigenvalue weighted by Crippen LogP contribution is 2.23. The van der Waals surface area contributed by atoms with Crippen LogP contribution in [0, 0.1) is 0 Å². The Bertz CT molecular complexity index is 968. The Labute approximate surface area is 165 Å². The molecule has 8 heteroatoms. The number of carbonyl (C=O) groups excluding carboxylic acids is 1. The van der Waals surface area contributed by atoms with Crippen molar-refractivity contribution in [2.45, 2.75) is 6.61 Å². The van der Waals surface area contributed by atoms with Crippen molar-refractivity contribution in [1.82, 2.24) is 10.2 Å². The molecule has 0 N–H and O–H groups in total. The Morgan fingerprint density at radius 3 is 2.63 bits per heavy atom. The fourth-order valence-electron chi connectivity index (χ4n) is 2.14. The van der Waals surface area contributed by atoms with E-state index in [2.05, 4.69) is 10.2 Å². The number of ether oxygens (including phenoxy) is 2. The van der Waals surface area contributed by atoms with E-state index in [-0.39, 0.29) is 12.5 Å². The minimum atomic E-state index is -0.565. The molecule has 3 rings (SSSR count). The van der Waals surface area contributed by atoms with E-state index in [4.69, 9.17) is 37.1 Å². The summed E-state index contributed by atoms with van der Waals surface area (Å²) < 4.78 is 15.7. The zero-order valence-corrected chi connectivity index (χ0v) is 15.7. The maximum Gasteiger partial charge on any atom is 0.331 e. The van der Waals surface area contributed by atoms with Crippen LogP contribution in [0.15, 0.2) is 53.0 Å². The number of nitrogens with zero attached hydrogens (tertiary/aromatic N) is 2. The first-order chi connectivity index (χ1) is 13.0. The molecule has 0 aliphatic rings. The summed E-state index contributed by atoms with van der Waals surface area (Å²) in [5.41, 5.74) is 1.38. The number of hydrogen-bond donors (Lipinski definition) is 0. The number of benzene rings is 2. The summed E-state index contributed by atoms with van der Waals surface area (Å²) in [5, 5.41) is 8.76. The third-order valence-electron chi connectivity index (χ3n) is 3.50. The predicted octanol–water partition coefficient (Wildman–Crippen LogP) is 4.81. The summed E-state index contributed by atoms with van der Waals surface area (Å²) in [6, 6.07) is 12.1. The highest BCUT2D eigenvalue weighted by molar-refractivity contribution is 6.35. The van der Waals surface area contributed by atoms with Gasteiger partial charge in [0.15, 0.2) is 6.61 Å². The molecule has 6 nitrogen and oxygen atoms in total. The van der Waals surface area contributed by atoms with Crippen molar-refractivity contribution in [2.24, 2.45) is 0 Å². The van der Waals surface area contributed by atoms with Crippen LogP contribution in [-0.4, -0.2) is 23.3 Å². The van der Waals surface area contributed by atoms with Crippen molar-refractivity contribution in [3.8, 4) is 17.2 Å². The van der Waals surface area contributed by atoms with Crippen molar-refractivity contribution in [3.05, 3.63) is 70.0 Å². The summed E-state index contributed by atoms with van der Waals surface area (Å²) in [6.07, 6.45) is 2.80. The van der Waals surface area contributed by atoms with Gasteiger partial charge in [0, 0.05) is 21.7 Å². The van der Waals surface area contributed by atoms with Crippen LogP contribution >= 0.6 is 23.2 Å². The summed E-state index contributed by atoms with van der Waals surface area (Å²) in [7, 11) is 1.59. The van der Waals surface area contributed by atoms with Gasteiger partial charge in [-0.25, -0.2) is 4.79 Å².